The minimum Gasteiger partial charge on any atom is -0.325 e. The molecule has 1 amide bonds. The van der Waals surface area contributed by atoms with Crippen LogP contribution < -0.4 is 5.32 Å². The van der Waals surface area contributed by atoms with Crippen LogP contribution in [0.1, 0.15) is 39.5 Å². The van der Waals surface area contributed by atoms with E-state index in [4.69, 9.17) is 0 Å². The van der Waals surface area contributed by atoms with Crippen molar-refractivity contribution in [3.63, 3.8) is 0 Å². The molecule has 104 valence electrons. The molecule has 0 saturated carbocycles. The van der Waals surface area contributed by atoms with Crippen molar-refractivity contribution < 1.29 is 4.79 Å². The fourth-order valence-electron chi connectivity index (χ4n) is 3.30. The van der Waals surface area contributed by atoms with Crippen LogP contribution in [0, 0.1) is 5.92 Å². The van der Waals surface area contributed by atoms with E-state index in [1.807, 2.05) is 0 Å². The highest BCUT2D eigenvalue weighted by molar-refractivity contribution is 5.84. The standard InChI is InChI=1S/C14H27N3O/c1-4-12-14(18)17(13(5-2)15-12)10-11-7-6-8-16(3)9-11/h11-13,15H,4-10H2,1-3H3. The minimum absolute atomic E-state index is 0.0521. The van der Waals surface area contributed by atoms with Gasteiger partial charge in [0, 0.05) is 13.1 Å². The summed E-state index contributed by atoms with van der Waals surface area (Å²) in [4.78, 5) is 16.8. The van der Waals surface area contributed by atoms with Crippen molar-refractivity contribution >= 4 is 5.91 Å². The predicted octanol–water partition coefficient (Wildman–Crippen LogP) is 1.27. The van der Waals surface area contributed by atoms with Gasteiger partial charge in [0.25, 0.3) is 0 Å². The van der Waals surface area contributed by atoms with Crippen LogP contribution in [0.15, 0.2) is 0 Å². The minimum atomic E-state index is 0.0521. The Balaban J connectivity index is 1.95. The van der Waals surface area contributed by atoms with Gasteiger partial charge in [-0.25, -0.2) is 0 Å². The van der Waals surface area contributed by atoms with Crippen molar-refractivity contribution in [3.05, 3.63) is 0 Å². The van der Waals surface area contributed by atoms with Crippen molar-refractivity contribution in [2.45, 2.75) is 51.7 Å². The van der Waals surface area contributed by atoms with Crippen molar-refractivity contribution in [1.82, 2.24) is 15.1 Å². The summed E-state index contributed by atoms with van der Waals surface area (Å²) < 4.78 is 0. The first-order valence-corrected chi connectivity index (χ1v) is 7.40. The Morgan fingerprint density at radius 1 is 1.33 bits per heavy atom. The third kappa shape index (κ3) is 2.86. The first-order chi connectivity index (χ1) is 8.65. The molecule has 0 radical (unpaired) electrons. The molecule has 4 heteroatoms. The molecule has 2 fully saturated rings. The summed E-state index contributed by atoms with van der Waals surface area (Å²) in [6.45, 7) is 7.52. The monoisotopic (exact) mass is 253 g/mol. The van der Waals surface area contributed by atoms with E-state index in [2.05, 4.69) is 36.0 Å². The average Bonchev–Trinajstić information content (AvgIpc) is 2.66. The highest BCUT2D eigenvalue weighted by atomic mass is 16.2. The van der Waals surface area contributed by atoms with E-state index >= 15 is 0 Å². The van der Waals surface area contributed by atoms with Gasteiger partial charge in [0.15, 0.2) is 0 Å². The fourth-order valence-corrected chi connectivity index (χ4v) is 3.30. The lowest BCUT2D eigenvalue weighted by Crippen LogP contribution is -2.44. The highest BCUT2D eigenvalue weighted by Crippen LogP contribution is 2.22. The van der Waals surface area contributed by atoms with Crippen LogP contribution in [0.5, 0.6) is 0 Å². The first kappa shape index (κ1) is 13.8. The number of hydrogen-bond acceptors (Lipinski definition) is 3. The van der Waals surface area contributed by atoms with Gasteiger partial charge in [-0.3, -0.25) is 10.1 Å². The molecule has 4 nitrogen and oxygen atoms in total. The maximum Gasteiger partial charge on any atom is 0.241 e. The summed E-state index contributed by atoms with van der Waals surface area (Å²) in [7, 11) is 2.18. The van der Waals surface area contributed by atoms with Crippen molar-refractivity contribution in [3.8, 4) is 0 Å². The van der Waals surface area contributed by atoms with Gasteiger partial charge in [-0.1, -0.05) is 13.8 Å². The third-order valence-electron chi connectivity index (χ3n) is 4.32. The van der Waals surface area contributed by atoms with Gasteiger partial charge in [0.2, 0.25) is 5.91 Å². The van der Waals surface area contributed by atoms with Crippen LogP contribution in [0.4, 0.5) is 0 Å². The number of nitrogens with zero attached hydrogens (tertiary/aromatic N) is 2. The Morgan fingerprint density at radius 2 is 2.11 bits per heavy atom. The second kappa shape index (κ2) is 6.02. The second-order valence-electron chi connectivity index (χ2n) is 5.81. The van der Waals surface area contributed by atoms with Crippen molar-refractivity contribution in [1.29, 1.82) is 0 Å². The van der Waals surface area contributed by atoms with E-state index in [0.717, 1.165) is 25.9 Å². The largest absolute Gasteiger partial charge is 0.325 e. The molecule has 0 aromatic rings. The van der Waals surface area contributed by atoms with Gasteiger partial charge < -0.3 is 9.80 Å². The molecule has 3 unspecified atom stereocenters. The lowest BCUT2D eigenvalue weighted by atomic mass is 9.97. The fraction of sp³-hybridized carbons (Fsp3) is 0.929. The lowest BCUT2D eigenvalue weighted by Gasteiger charge is -2.34. The third-order valence-corrected chi connectivity index (χ3v) is 4.32. The van der Waals surface area contributed by atoms with E-state index in [0.29, 0.717) is 11.8 Å². The molecule has 3 atom stereocenters. The molecule has 0 aromatic heterocycles. The van der Waals surface area contributed by atoms with Gasteiger partial charge in [0.05, 0.1) is 12.2 Å². The number of nitrogens with one attached hydrogen (secondary N) is 1. The molecule has 1 N–H and O–H groups in total. The number of rotatable bonds is 4. The Kier molecular flexibility index (Phi) is 4.62. The van der Waals surface area contributed by atoms with E-state index in [1.165, 1.54) is 19.4 Å². The van der Waals surface area contributed by atoms with Gasteiger partial charge in [-0.15, -0.1) is 0 Å². The Labute approximate surface area is 111 Å². The quantitative estimate of drug-likeness (QED) is 0.819. The van der Waals surface area contributed by atoms with E-state index in [9.17, 15) is 4.79 Å². The van der Waals surface area contributed by atoms with Crippen LogP contribution in [-0.4, -0.2) is 54.6 Å². The summed E-state index contributed by atoms with van der Waals surface area (Å²) in [6, 6.07) is 0.0521. The average molecular weight is 253 g/mol. The Bertz CT molecular complexity index is 295. The molecule has 0 aromatic carbocycles. The molecular formula is C14H27N3O. The maximum absolute atomic E-state index is 12.3. The number of carbonyl (C=O) groups is 1. The molecule has 0 bridgehead atoms. The molecule has 2 rings (SSSR count). The van der Waals surface area contributed by atoms with Gasteiger partial charge in [-0.2, -0.15) is 0 Å². The molecular weight excluding hydrogens is 226 g/mol. The zero-order valence-electron chi connectivity index (χ0n) is 12.0. The number of amides is 1. The molecule has 18 heavy (non-hydrogen) atoms. The molecule has 2 aliphatic rings. The van der Waals surface area contributed by atoms with Crippen LogP contribution in [-0.2, 0) is 4.79 Å². The molecule has 2 saturated heterocycles. The zero-order valence-corrected chi connectivity index (χ0v) is 12.0. The van der Waals surface area contributed by atoms with Gasteiger partial charge >= 0.3 is 0 Å². The summed E-state index contributed by atoms with van der Waals surface area (Å²) >= 11 is 0. The van der Waals surface area contributed by atoms with Crippen LogP contribution in [0.2, 0.25) is 0 Å². The topological polar surface area (TPSA) is 35.6 Å². The van der Waals surface area contributed by atoms with Crippen LogP contribution >= 0.6 is 0 Å². The zero-order chi connectivity index (χ0) is 13.1. The molecule has 2 heterocycles. The van der Waals surface area contributed by atoms with E-state index in [-0.39, 0.29) is 12.2 Å². The first-order valence-electron chi connectivity index (χ1n) is 7.40. The summed E-state index contributed by atoms with van der Waals surface area (Å²) in [5.74, 6) is 0.969. The SMILES string of the molecule is CCC1NC(CC)N(CC2CCCN(C)C2)C1=O. The van der Waals surface area contributed by atoms with E-state index in [1.54, 1.807) is 0 Å². The Morgan fingerprint density at radius 3 is 2.72 bits per heavy atom. The number of likely N-dealkylation sites (tertiary alicyclic amines) is 1. The normalized spacial score (nSPS) is 34.3. The molecule has 0 aliphatic carbocycles. The van der Waals surface area contributed by atoms with Crippen LogP contribution in [0.25, 0.3) is 0 Å². The van der Waals surface area contributed by atoms with E-state index < -0.39 is 0 Å². The van der Waals surface area contributed by atoms with Gasteiger partial charge in [-0.05, 0) is 45.2 Å². The lowest BCUT2D eigenvalue weighted by molar-refractivity contribution is -0.131. The molecule has 0 spiro atoms. The summed E-state index contributed by atoms with van der Waals surface area (Å²) in [5.41, 5.74) is 0. The van der Waals surface area contributed by atoms with Crippen molar-refractivity contribution in [2.24, 2.45) is 5.92 Å². The Hall–Kier alpha value is -0.610. The van der Waals surface area contributed by atoms with Crippen molar-refractivity contribution in [2.75, 3.05) is 26.7 Å². The van der Waals surface area contributed by atoms with Crippen LogP contribution in [0.3, 0.4) is 0 Å². The van der Waals surface area contributed by atoms with Gasteiger partial charge in [0.1, 0.15) is 0 Å². The number of hydrogen-bond donors (Lipinski definition) is 1. The molecule has 2 aliphatic heterocycles. The number of carbonyl (C=O) groups excluding carboxylic acids is 1. The smallest absolute Gasteiger partial charge is 0.241 e. The highest BCUT2D eigenvalue weighted by Gasteiger charge is 2.37. The second-order valence-corrected chi connectivity index (χ2v) is 5.81. The maximum atomic E-state index is 12.3. The number of piperidine rings is 1. The predicted molar refractivity (Wildman–Crippen MR) is 73.2 cm³/mol. The summed E-state index contributed by atoms with van der Waals surface area (Å²) in [6.07, 6.45) is 4.70. The summed E-state index contributed by atoms with van der Waals surface area (Å²) in [5, 5.41) is 3.45.